The number of rotatable bonds is 4. The van der Waals surface area contributed by atoms with E-state index in [4.69, 9.17) is 4.42 Å². The monoisotopic (exact) mass is 1010 g/mol. The Balaban J connectivity index is 1.22. The molecule has 6 aromatic carbocycles. The summed E-state index contributed by atoms with van der Waals surface area (Å²) >= 11 is 0. The average Bonchev–Trinajstić information content (AvgIpc) is 3.70. The number of benzene rings is 6. The third-order valence-corrected chi connectivity index (χ3v) is 22.1. The Labute approximate surface area is 453 Å². The van der Waals surface area contributed by atoms with Crippen LogP contribution in [0.25, 0.3) is 22.1 Å². The number of hydrogen-bond donors (Lipinski definition) is 0. The summed E-state index contributed by atoms with van der Waals surface area (Å²) in [6, 6.07) is 40.0. The summed E-state index contributed by atoms with van der Waals surface area (Å²) in [6.45, 7) is 46.3. The molecule has 2 aliphatic heterocycles. The van der Waals surface area contributed by atoms with E-state index in [9.17, 15) is 0 Å². The van der Waals surface area contributed by atoms with Crippen LogP contribution in [0.2, 0.25) is 19.6 Å². The molecule has 0 radical (unpaired) electrons. The predicted molar refractivity (Wildman–Crippen MR) is 328 cm³/mol. The molecule has 75 heavy (non-hydrogen) atoms. The fraction of sp³-hybridized carbons (Fsp3) is 0.457. The zero-order chi connectivity index (χ0) is 53.7. The maximum absolute atomic E-state index is 7.80. The van der Waals surface area contributed by atoms with E-state index in [1.54, 1.807) is 0 Å². The van der Waals surface area contributed by atoms with Gasteiger partial charge >= 0.3 is 0 Å². The van der Waals surface area contributed by atoms with Gasteiger partial charge in [-0.25, -0.2) is 0 Å². The van der Waals surface area contributed by atoms with Crippen molar-refractivity contribution in [2.45, 2.75) is 207 Å². The molecule has 0 fully saturated rings. The summed E-state index contributed by atoms with van der Waals surface area (Å²) in [4.78, 5) is 5.38. The van der Waals surface area contributed by atoms with Crippen LogP contribution in [-0.2, 0) is 37.9 Å². The summed E-state index contributed by atoms with van der Waals surface area (Å²) in [5.41, 5.74) is 26.3. The highest BCUT2D eigenvalue weighted by Gasteiger charge is 2.50. The van der Waals surface area contributed by atoms with Gasteiger partial charge in [-0.2, -0.15) is 0 Å². The summed E-state index contributed by atoms with van der Waals surface area (Å²) < 4.78 is 7.80. The lowest BCUT2D eigenvalue weighted by Crippen LogP contribution is -2.61. The van der Waals surface area contributed by atoms with Crippen LogP contribution in [0.3, 0.4) is 0 Å². The SMILES string of the molecule is Cc1cc2c3c(c1)N(c1ccc4c(c1)C(C)(C)CCC4(C)C)c1c(oc4cc5c(cc14)C(C)(C)CCC5(C)C)B3c1cc3c(cc1N2c1ccc(C(C)(C)C)cc1-c1ccc([Si](C)(C)C)cc1)C(C)(C)CCC3(C)C. The first-order valence-corrected chi connectivity index (χ1v) is 32.2. The van der Waals surface area contributed by atoms with Gasteiger partial charge in [0.05, 0.1) is 25.1 Å². The third-order valence-electron chi connectivity index (χ3n) is 20.0. The summed E-state index contributed by atoms with van der Waals surface area (Å²) in [7, 11) is -1.54. The van der Waals surface area contributed by atoms with E-state index in [2.05, 4.69) is 237 Å². The molecule has 0 spiro atoms. The number of nitrogens with zero attached hydrogens (tertiary/aromatic N) is 2. The largest absolute Gasteiger partial charge is 0.468 e. The fourth-order valence-electron chi connectivity index (χ4n) is 14.6. The number of anilines is 6. The van der Waals surface area contributed by atoms with Crippen LogP contribution in [0.4, 0.5) is 34.1 Å². The van der Waals surface area contributed by atoms with Gasteiger partial charge in [-0.3, -0.25) is 0 Å². The quantitative estimate of drug-likeness (QED) is 0.164. The lowest BCUT2D eigenvalue weighted by Gasteiger charge is -2.47. The molecule has 0 saturated carbocycles. The predicted octanol–water partition coefficient (Wildman–Crippen LogP) is 17.4. The third kappa shape index (κ3) is 7.68. The number of fused-ring (bicyclic) bond motifs is 9. The molecule has 5 heteroatoms. The van der Waals surface area contributed by atoms with Crippen molar-refractivity contribution >= 4 is 81.7 Å². The Hall–Kier alpha value is -5.26. The smallest absolute Gasteiger partial charge is 0.297 e. The second kappa shape index (κ2) is 15.9. The van der Waals surface area contributed by atoms with E-state index in [1.165, 1.54) is 118 Å². The second-order valence-electron chi connectivity index (χ2n) is 30.3. The highest BCUT2D eigenvalue weighted by molar-refractivity contribution is 7.00. The molecule has 0 saturated heterocycles. The van der Waals surface area contributed by atoms with Crippen LogP contribution < -0.4 is 31.6 Å². The molecule has 0 N–H and O–H groups in total. The number of furan rings is 1. The van der Waals surface area contributed by atoms with Gasteiger partial charge in [-0.15, -0.1) is 0 Å². The normalized spacial score (nSPS) is 20.2. The molecule has 3 nitrogen and oxygen atoms in total. The van der Waals surface area contributed by atoms with E-state index in [0.717, 1.165) is 43.3 Å². The summed E-state index contributed by atoms with van der Waals surface area (Å²) in [5.74, 6) is 0. The molecule has 12 rings (SSSR count). The zero-order valence-electron chi connectivity index (χ0n) is 49.4. The molecule has 3 heterocycles. The van der Waals surface area contributed by atoms with Gasteiger partial charge in [-0.05, 0) is 199 Å². The maximum Gasteiger partial charge on any atom is 0.297 e. The maximum atomic E-state index is 7.80. The fourth-order valence-corrected chi connectivity index (χ4v) is 15.7. The molecule has 3 aliphatic carbocycles. The molecule has 388 valence electrons. The van der Waals surface area contributed by atoms with Crippen molar-refractivity contribution in [2.24, 2.45) is 0 Å². The lowest BCUT2D eigenvalue weighted by molar-refractivity contribution is 0.332. The zero-order valence-corrected chi connectivity index (χ0v) is 50.4. The topological polar surface area (TPSA) is 19.6 Å². The minimum absolute atomic E-state index is 0.00999. The molecule has 0 atom stereocenters. The minimum Gasteiger partial charge on any atom is -0.468 e. The Morgan fingerprint density at radius 1 is 0.493 bits per heavy atom. The highest BCUT2D eigenvalue weighted by atomic mass is 28.3. The van der Waals surface area contributed by atoms with Crippen molar-refractivity contribution in [3.8, 4) is 11.1 Å². The number of aryl methyl sites for hydroxylation is 1. The first-order chi connectivity index (χ1) is 34.8. The van der Waals surface area contributed by atoms with Crippen LogP contribution in [0.5, 0.6) is 0 Å². The van der Waals surface area contributed by atoms with Crippen molar-refractivity contribution < 1.29 is 4.42 Å². The Kier molecular flexibility index (Phi) is 10.7. The molecule has 5 aliphatic rings. The van der Waals surface area contributed by atoms with Gasteiger partial charge < -0.3 is 14.2 Å². The molecule has 7 aromatic rings. The number of hydrogen-bond acceptors (Lipinski definition) is 3. The van der Waals surface area contributed by atoms with Crippen LogP contribution in [-0.4, -0.2) is 14.8 Å². The molecule has 1 aromatic heterocycles. The van der Waals surface area contributed by atoms with Crippen molar-refractivity contribution in [1.29, 1.82) is 0 Å². The molecular formula is C70H85BN2OSi. The van der Waals surface area contributed by atoms with E-state index in [1.807, 2.05) is 0 Å². The lowest BCUT2D eigenvalue weighted by atomic mass is 9.35. The van der Waals surface area contributed by atoms with Crippen molar-refractivity contribution in [3.05, 3.63) is 142 Å². The Bertz CT molecular complexity index is 3550. The molecular weight excluding hydrogens is 924 g/mol. The van der Waals surface area contributed by atoms with E-state index in [-0.39, 0.29) is 44.6 Å². The first kappa shape index (κ1) is 50.6. The van der Waals surface area contributed by atoms with Crippen LogP contribution >= 0.6 is 0 Å². The van der Waals surface area contributed by atoms with Crippen molar-refractivity contribution in [1.82, 2.24) is 0 Å². The van der Waals surface area contributed by atoms with Crippen LogP contribution in [0.1, 0.15) is 187 Å². The molecule has 0 bridgehead atoms. The van der Waals surface area contributed by atoms with Gasteiger partial charge in [-0.1, -0.05) is 171 Å². The highest BCUT2D eigenvalue weighted by Crippen LogP contribution is 2.56. The van der Waals surface area contributed by atoms with Gasteiger partial charge in [0.25, 0.3) is 6.71 Å². The summed E-state index contributed by atoms with van der Waals surface area (Å²) in [5, 5.41) is 2.71. The molecule has 0 amide bonds. The first-order valence-electron chi connectivity index (χ1n) is 28.7. The van der Waals surface area contributed by atoms with Crippen molar-refractivity contribution in [3.63, 3.8) is 0 Å². The van der Waals surface area contributed by atoms with Crippen LogP contribution in [0, 0.1) is 6.92 Å². The Morgan fingerprint density at radius 2 is 1.00 bits per heavy atom. The van der Waals surface area contributed by atoms with Crippen molar-refractivity contribution in [2.75, 3.05) is 9.80 Å². The van der Waals surface area contributed by atoms with Gasteiger partial charge in [0, 0.05) is 33.7 Å². The average molecular weight is 1010 g/mol. The summed E-state index contributed by atoms with van der Waals surface area (Å²) in [6.07, 6.45) is 6.97. The van der Waals surface area contributed by atoms with E-state index in [0.29, 0.717) is 0 Å². The second-order valence-corrected chi connectivity index (χ2v) is 35.4. The van der Waals surface area contributed by atoms with Gasteiger partial charge in [0.15, 0.2) is 0 Å². The van der Waals surface area contributed by atoms with E-state index < -0.39 is 8.07 Å². The minimum atomic E-state index is -1.54. The standard InChI is InChI=1S/C70H85BN2OSi/c1-42-34-58-61-59(35-42)73(56-27-22-44(64(2,3)4)36-47(56)43-20-24-46(25-21-43)75(17,18)19)57-40-53-52(68(11,12)31-32-69(53,13)14)39-55(57)71(61)63-62(48-38-51-54(41-60(48)74-63)70(15,16)33-30-67(51,9)10)72(58)45-23-26-49-50(37-45)66(7,8)29-28-65(49,5)6/h20-27,34-41H,28-33H2,1-19H3. The van der Waals surface area contributed by atoms with Gasteiger partial charge in [0.1, 0.15) is 5.58 Å². The molecule has 0 unspecified atom stereocenters. The Morgan fingerprint density at radius 3 is 1.56 bits per heavy atom. The van der Waals surface area contributed by atoms with Gasteiger partial charge in [0.2, 0.25) is 0 Å². The van der Waals surface area contributed by atoms with Crippen LogP contribution in [0.15, 0.2) is 101 Å². The van der Waals surface area contributed by atoms with E-state index >= 15 is 0 Å².